The van der Waals surface area contributed by atoms with Crippen LogP contribution < -0.4 is 10.5 Å². The molecule has 0 bridgehead atoms. The van der Waals surface area contributed by atoms with Crippen LogP contribution in [0.4, 0.5) is 5.69 Å². The molecule has 0 unspecified atom stereocenters. The Bertz CT molecular complexity index is 740. The number of halogens is 1. The molecule has 0 saturated carbocycles. The van der Waals surface area contributed by atoms with E-state index in [4.69, 9.17) is 5.14 Å². The number of aryl methyl sites for hydroxylation is 2. The minimum absolute atomic E-state index is 0.0764. The summed E-state index contributed by atoms with van der Waals surface area (Å²) in [6.45, 7) is 2.54. The number of hydrogen-bond acceptors (Lipinski definition) is 4. The van der Waals surface area contributed by atoms with Crippen molar-refractivity contribution >= 4 is 31.6 Å². The third kappa shape index (κ3) is 3.38. The van der Waals surface area contributed by atoms with Gasteiger partial charge in [-0.25, -0.2) is 13.6 Å². The maximum atomic E-state index is 11.2. The van der Waals surface area contributed by atoms with Crippen LogP contribution in [0.15, 0.2) is 33.8 Å². The number of sulfonamides is 1. The Morgan fingerprint density at radius 2 is 2.15 bits per heavy atom. The quantitative estimate of drug-likeness (QED) is 0.870. The van der Waals surface area contributed by atoms with Crippen molar-refractivity contribution in [2.45, 2.75) is 18.4 Å². The first-order valence-electron chi connectivity index (χ1n) is 5.82. The van der Waals surface area contributed by atoms with Crippen molar-refractivity contribution in [1.29, 1.82) is 0 Å². The van der Waals surface area contributed by atoms with Gasteiger partial charge >= 0.3 is 0 Å². The third-order valence-corrected chi connectivity index (χ3v) is 4.42. The first kappa shape index (κ1) is 15.0. The SMILES string of the molecule is Cc1nn(C)cc1CNc1ccc(S(N)(=O)=O)cc1Br. The molecule has 1 heterocycles. The highest BCUT2D eigenvalue weighted by Crippen LogP contribution is 2.25. The number of hydrogen-bond donors (Lipinski definition) is 2. The maximum absolute atomic E-state index is 11.2. The van der Waals surface area contributed by atoms with Gasteiger partial charge in [-0.15, -0.1) is 0 Å². The molecule has 0 atom stereocenters. The number of nitrogens with two attached hydrogens (primary N) is 1. The second-order valence-electron chi connectivity index (χ2n) is 4.45. The summed E-state index contributed by atoms with van der Waals surface area (Å²) in [5.41, 5.74) is 2.83. The average molecular weight is 359 g/mol. The van der Waals surface area contributed by atoms with E-state index in [-0.39, 0.29) is 4.90 Å². The predicted octanol–water partition coefficient (Wildman–Crippen LogP) is 1.75. The Kier molecular flexibility index (Phi) is 4.17. The molecule has 0 amide bonds. The number of primary sulfonamides is 1. The van der Waals surface area contributed by atoms with E-state index in [1.807, 2.05) is 20.2 Å². The van der Waals surface area contributed by atoms with Crippen LogP contribution in [0.2, 0.25) is 0 Å². The lowest BCUT2D eigenvalue weighted by Crippen LogP contribution is -2.12. The highest BCUT2D eigenvalue weighted by atomic mass is 79.9. The molecule has 0 aliphatic carbocycles. The van der Waals surface area contributed by atoms with Crippen molar-refractivity contribution in [1.82, 2.24) is 9.78 Å². The second kappa shape index (κ2) is 5.55. The molecule has 8 heteroatoms. The van der Waals surface area contributed by atoms with E-state index in [1.54, 1.807) is 10.7 Å². The Balaban J connectivity index is 2.17. The van der Waals surface area contributed by atoms with Crippen molar-refractivity contribution < 1.29 is 8.42 Å². The lowest BCUT2D eigenvalue weighted by atomic mass is 10.2. The molecule has 2 rings (SSSR count). The summed E-state index contributed by atoms with van der Waals surface area (Å²) in [4.78, 5) is 0.0764. The van der Waals surface area contributed by atoms with Gasteiger partial charge in [0.15, 0.2) is 0 Å². The van der Waals surface area contributed by atoms with Crippen molar-refractivity contribution in [2.75, 3.05) is 5.32 Å². The first-order chi connectivity index (χ1) is 9.27. The van der Waals surface area contributed by atoms with E-state index < -0.39 is 10.0 Å². The molecular weight excluding hydrogens is 344 g/mol. The van der Waals surface area contributed by atoms with Gasteiger partial charge in [0.05, 0.1) is 10.6 Å². The predicted molar refractivity (Wildman–Crippen MR) is 80.8 cm³/mol. The van der Waals surface area contributed by atoms with Crippen LogP contribution >= 0.6 is 15.9 Å². The van der Waals surface area contributed by atoms with Gasteiger partial charge in [-0.1, -0.05) is 0 Å². The highest BCUT2D eigenvalue weighted by Gasteiger charge is 2.10. The van der Waals surface area contributed by atoms with Crippen molar-refractivity contribution in [2.24, 2.45) is 12.2 Å². The summed E-state index contributed by atoms with van der Waals surface area (Å²) < 4.78 is 24.9. The Morgan fingerprint density at radius 1 is 1.45 bits per heavy atom. The Hall–Kier alpha value is -1.38. The molecule has 0 aliphatic rings. The molecule has 6 nitrogen and oxygen atoms in total. The van der Waals surface area contributed by atoms with Crippen LogP contribution in [-0.4, -0.2) is 18.2 Å². The van der Waals surface area contributed by atoms with Crippen LogP contribution in [-0.2, 0) is 23.6 Å². The topological polar surface area (TPSA) is 90.0 Å². The van der Waals surface area contributed by atoms with Crippen molar-refractivity contribution in [3.05, 3.63) is 40.1 Å². The average Bonchev–Trinajstić information content (AvgIpc) is 2.65. The minimum Gasteiger partial charge on any atom is -0.380 e. The molecule has 0 fully saturated rings. The molecule has 20 heavy (non-hydrogen) atoms. The van der Waals surface area contributed by atoms with E-state index >= 15 is 0 Å². The van der Waals surface area contributed by atoms with Crippen LogP contribution in [0.5, 0.6) is 0 Å². The molecule has 0 spiro atoms. The summed E-state index contributed by atoms with van der Waals surface area (Å²) in [6, 6.07) is 4.63. The van der Waals surface area contributed by atoms with Gasteiger partial charge in [-0.05, 0) is 41.1 Å². The number of benzene rings is 1. The Labute approximate surface area is 126 Å². The zero-order chi connectivity index (χ0) is 14.9. The maximum Gasteiger partial charge on any atom is 0.238 e. The third-order valence-electron chi connectivity index (χ3n) is 2.85. The van der Waals surface area contributed by atoms with Gasteiger partial charge in [0.25, 0.3) is 0 Å². The highest BCUT2D eigenvalue weighted by molar-refractivity contribution is 9.10. The number of anilines is 1. The van der Waals surface area contributed by atoms with E-state index in [2.05, 4.69) is 26.3 Å². The molecule has 108 valence electrons. The second-order valence-corrected chi connectivity index (χ2v) is 6.87. The molecule has 0 radical (unpaired) electrons. The van der Waals surface area contributed by atoms with E-state index in [9.17, 15) is 8.42 Å². The molecule has 2 aromatic rings. The number of nitrogens with zero attached hydrogens (tertiary/aromatic N) is 2. The molecule has 1 aromatic carbocycles. The summed E-state index contributed by atoms with van der Waals surface area (Å²) >= 11 is 3.33. The van der Waals surface area contributed by atoms with Gasteiger partial charge in [0.2, 0.25) is 10.0 Å². The van der Waals surface area contributed by atoms with Gasteiger partial charge in [0.1, 0.15) is 0 Å². The summed E-state index contributed by atoms with van der Waals surface area (Å²) in [5, 5.41) is 12.6. The van der Waals surface area contributed by atoms with E-state index in [0.717, 1.165) is 16.9 Å². The Morgan fingerprint density at radius 3 is 2.65 bits per heavy atom. The lowest BCUT2D eigenvalue weighted by molar-refractivity contribution is 0.598. The smallest absolute Gasteiger partial charge is 0.238 e. The monoisotopic (exact) mass is 358 g/mol. The fraction of sp³-hybridized carbons (Fsp3) is 0.250. The number of rotatable bonds is 4. The zero-order valence-electron chi connectivity index (χ0n) is 11.1. The van der Waals surface area contributed by atoms with Gasteiger partial charge in [-0.2, -0.15) is 5.10 Å². The fourth-order valence-corrected chi connectivity index (χ4v) is 3.04. The summed E-state index contributed by atoms with van der Waals surface area (Å²) in [6.07, 6.45) is 1.94. The largest absolute Gasteiger partial charge is 0.380 e. The van der Waals surface area contributed by atoms with Crippen LogP contribution in [0.3, 0.4) is 0 Å². The standard InChI is InChI=1S/C12H15BrN4O2S/c1-8-9(7-17(2)16-8)6-15-12-4-3-10(5-11(12)13)20(14,18)19/h3-5,7,15H,6H2,1-2H3,(H2,14,18,19). The molecule has 0 aliphatic heterocycles. The van der Waals surface area contributed by atoms with Crippen molar-refractivity contribution in [3.8, 4) is 0 Å². The van der Waals surface area contributed by atoms with Gasteiger partial charge < -0.3 is 5.32 Å². The summed E-state index contributed by atoms with van der Waals surface area (Å²) in [5.74, 6) is 0. The normalized spacial score (nSPS) is 11.6. The van der Waals surface area contributed by atoms with Crippen LogP contribution in [0, 0.1) is 6.92 Å². The fourth-order valence-electron chi connectivity index (χ4n) is 1.83. The summed E-state index contributed by atoms with van der Waals surface area (Å²) in [7, 11) is -1.82. The van der Waals surface area contributed by atoms with Gasteiger partial charge in [0, 0.05) is 35.5 Å². The van der Waals surface area contributed by atoms with E-state index in [0.29, 0.717) is 11.0 Å². The molecule has 3 N–H and O–H groups in total. The number of aromatic nitrogens is 2. The van der Waals surface area contributed by atoms with Crippen molar-refractivity contribution in [3.63, 3.8) is 0 Å². The van der Waals surface area contributed by atoms with Crippen LogP contribution in [0.25, 0.3) is 0 Å². The molecule has 1 aromatic heterocycles. The molecule has 0 saturated heterocycles. The lowest BCUT2D eigenvalue weighted by Gasteiger charge is -2.09. The van der Waals surface area contributed by atoms with Gasteiger partial charge in [-0.3, -0.25) is 4.68 Å². The zero-order valence-corrected chi connectivity index (χ0v) is 13.5. The molecular formula is C12H15BrN4O2S. The van der Waals surface area contributed by atoms with Crippen LogP contribution in [0.1, 0.15) is 11.3 Å². The number of nitrogens with one attached hydrogen (secondary N) is 1. The van der Waals surface area contributed by atoms with E-state index in [1.165, 1.54) is 12.1 Å². The minimum atomic E-state index is -3.68. The first-order valence-corrected chi connectivity index (χ1v) is 8.16.